The van der Waals surface area contributed by atoms with Crippen molar-refractivity contribution >= 4 is 47.2 Å². The summed E-state index contributed by atoms with van der Waals surface area (Å²) in [6.45, 7) is 0.275. The molecule has 2 rings (SSSR count). The number of methoxy groups -OCH3 is 1. The van der Waals surface area contributed by atoms with E-state index in [9.17, 15) is 14.4 Å². The number of nitrogens with one attached hydrogen (secondary N) is 2. The van der Waals surface area contributed by atoms with Gasteiger partial charge in [-0.1, -0.05) is 0 Å². The Kier molecular flexibility index (Phi) is 8.70. The highest BCUT2D eigenvalue weighted by Gasteiger charge is 2.12. The van der Waals surface area contributed by atoms with E-state index in [1.54, 1.807) is 29.6 Å². The number of carbonyl (C=O) groups is 3. The quantitative estimate of drug-likeness (QED) is 0.602. The zero-order valence-electron chi connectivity index (χ0n) is 14.0. The first-order valence-electron chi connectivity index (χ1n) is 7.44. The Morgan fingerprint density at radius 1 is 1.19 bits per heavy atom. The van der Waals surface area contributed by atoms with Crippen LogP contribution in [0.3, 0.4) is 0 Å². The standard InChI is InChI=1S/C16H18N4O4S.ClH/c1-24-14(21)8-18-15(22)10-2-4-11(5-3-10)19-16(23)12-9-25-13(20-12)6-7-17;/h2-5,9H,6-8,17H2,1H3,(H,18,22)(H,19,23);1H. The lowest BCUT2D eigenvalue weighted by atomic mass is 10.2. The normalized spacial score (nSPS) is 9.77. The van der Waals surface area contributed by atoms with Gasteiger partial charge in [0.25, 0.3) is 11.8 Å². The third-order valence-corrected chi connectivity index (χ3v) is 4.08. The highest BCUT2D eigenvalue weighted by molar-refractivity contribution is 7.09. The van der Waals surface area contributed by atoms with Gasteiger partial charge in [0.2, 0.25) is 0 Å². The van der Waals surface area contributed by atoms with Crippen molar-refractivity contribution in [2.24, 2.45) is 5.73 Å². The van der Waals surface area contributed by atoms with Crippen LogP contribution < -0.4 is 16.4 Å². The van der Waals surface area contributed by atoms with Crippen LogP contribution >= 0.6 is 23.7 Å². The van der Waals surface area contributed by atoms with Crippen LogP contribution in [0.2, 0.25) is 0 Å². The summed E-state index contributed by atoms with van der Waals surface area (Å²) >= 11 is 1.39. The molecule has 0 bridgehead atoms. The number of nitrogens with zero attached hydrogens (tertiary/aromatic N) is 1. The van der Waals surface area contributed by atoms with Gasteiger partial charge in [0.15, 0.2) is 0 Å². The van der Waals surface area contributed by atoms with Crippen molar-refractivity contribution in [1.29, 1.82) is 0 Å². The second-order valence-corrected chi connectivity index (χ2v) is 5.90. The molecule has 0 aliphatic rings. The van der Waals surface area contributed by atoms with E-state index in [0.717, 1.165) is 5.01 Å². The molecule has 26 heavy (non-hydrogen) atoms. The number of thiazole rings is 1. The van der Waals surface area contributed by atoms with Gasteiger partial charge >= 0.3 is 5.97 Å². The van der Waals surface area contributed by atoms with E-state index in [4.69, 9.17) is 5.73 Å². The summed E-state index contributed by atoms with van der Waals surface area (Å²) in [5.41, 5.74) is 6.68. The zero-order chi connectivity index (χ0) is 18.2. The smallest absolute Gasteiger partial charge is 0.325 e. The summed E-state index contributed by atoms with van der Waals surface area (Å²) in [6.07, 6.45) is 0.632. The van der Waals surface area contributed by atoms with E-state index < -0.39 is 11.9 Å². The number of benzene rings is 1. The van der Waals surface area contributed by atoms with Gasteiger partial charge in [0.1, 0.15) is 12.2 Å². The second-order valence-electron chi connectivity index (χ2n) is 4.96. The molecule has 0 saturated heterocycles. The van der Waals surface area contributed by atoms with Crippen LogP contribution in [0.5, 0.6) is 0 Å². The average molecular weight is 399 g/mol. The molecule has 2 amide bonds. The molecule has 8 nitrogen and oxygen atoms in total. The number of halogens is 1. The van der Waals surface area contributed by atoms with Gasteiger partial charge in [-0.2, -0.15) is 0 Å². The maximum absolute atomic E-state index is 12.1. The minimum absolute atomic E-state index is 0. The molecule has 0 unspecified atom stereocenters. The van der Waals surface area contributed by atoms with Gasteiger partial charge in [-0.05, 0) is 30.8 Å². The molecule has 10 heteroatoms. The van der Waals surface area contributed by atoms with E-state index in [-0.39, 0.29) is 24.9 Å². The van der Waals surface area contributed by atoms with Crippen LogP contribution in [0, 0.1) is 0 Å². The van der Waals surface area contributed by atoms with Crippen molar-refractivity contribution in [1.82, 2.24) is 10.3 Å². The number of hydrogen-bond acceptors (Lipinski definition) is 7. The topological polar surface area (TPSA) is 123 Å². The van der Waals surface area contributed by atoms with E-state index in [0.29, 0.717) is 29.9 Å². The molecule has 140 valence electrons. The van der Waals surface area contributed by atoms with Crippen molar-refractivity contribution in [3.05, 3.63) is 45.9 Å². The van der Waals surface area contributed by atoms with Gasteiger partial charge in [-0.3, -0.25) is 14.4 Å². The first-order chi connectivity index (χ1) is 12.0. The Labute approximate surface area is 160 Å². The number of hydrogen-bond donors (Lipinski definition) is 3. The molecule has 1 aromatic carbocycles. The van der Waals surface area contributed by atoms with Gasteiger partial charge in [0, 0.05) is 23.1 Å². The summed E-state index contributed by atoms with van der Waals surface area (Å²) in [7, 11) is 1.24. The first kappa shape index (κ1) is 21.6. The average Bonchev–Trinajstić information content (AvgIpc) is 3.09. The Hall–Kier alpha value is -2.49. The van der Waals surface area contributed by atoms with E-state index in [2.05, 4.69) is 20.4 Å². The minimum atomic E-state index is -0.533. The molecular formula is C16H19ClN4O4S. The summed E-state index contributed by atoms with van der Waals surface area (Å²) in [5, 5.41) is 7.62. The van der Waals surface area contributed by atoms with Crippen molar-refractivity contribution in [3.63, 3.8) is 0 Å². The minimum Gasteiger partial charge on any atom is -0.468 e. The van der Waals surface area contributed by atoms with Gasteiger partial charge in [0.05, 0.1) is 12.1 Å². The molecule has 0 saturated carbocycles. The second kappa shape index (κ2) is 10.5. The molecule has 0 radical (unpaired) electrons. The monoisotopic (exact) mass is 398 g/mol. The largest absolute Gasteiger partial charge is 0.468 e. The van der Waals surface area contributed by atoms with E-state index >= 15 is 0 Å². The summed E-state index contributed by atoms with van der Waals surface area (Å²) in [6, 6.07) is 6.28. The lowest BCUT2D eigenvalue weighted by molar-refractivity contribution is -0.139. The number of ether oxygens (including phenoxy) is 1. The lowest BCUT2D eigenvalue weighted by Gasteiger charge is -2.06. The summed E-state index contributed by atoms with van der Waals surface area (Å²) in [4.78, 5) is 39.2. The van der Waals surface area contributed by atoms with E-state index in [1.165, 1.54) is 18.4 Å². The van der Waals surface area contributed by atoms with Crippen LogP contribution in [0.15, 0.2) is 29.6 Å². The third kappa shape index (κ3) is 6.10. The first-order valence-corrected chi connectivity index (χ1v) is 8.32. The summed E-state index contributed by atoms with van der Waals surface area (Å²) in [5.74, 6) is -1.27. The van der Waals surface area contributed by atoms with Gasteiger partial charge in [-0.25, -0.2) is 4.98 Å². The number of aromatic nitrogens is 1. The van der Waals surface area contributed by atoms with Crippen LogP contribution in [-0.4, -0.2) is 43.0 Å². The van der Waals surface area contributed by atoms with Gasteiger partial charge in [-0.15, -0.1) is 23.7 Å². The number of rotatable bonds is 7. The van der Waals surface area contributed by atoms with Crippen LogP contribution in [0.4, 0.5) is 5.69 Å². The third-order valence-electron chi connectivity index (χ3n) is 3.17. The number of carbonyl (C=O) groups excluding carboxylic acids is 3. The fourth-order valence-corrected chi connectivity index (χ4v) is 2.67. The highest BCUT2D eigenvalue weighted by Crippen LogP contribution is 2.14. The molecule has 1 heterocycles. The Bertz CT molecular complexity index is 764. The molecular weight excluding hydrogens is 380 g/mol. The zero-order valence-corrected chi connectivity index (χ0v) is 15.6. The molecule has 0 aliphatic carbocycles. The number of nitrogens with two attached hydrogens (primary N) is 1. The summed E-state index contributed by atoms with van der Waals surface area (Å²) < 4.78 is 4.45. The highest BCUT2D eigenvalue weighted by atomic mass is 35.5. The van der Waals surface area contributed by atoms with Crippen molar-refractivity contribution in [2.45, 2.75) is 6.42 Å². The van der Waals surface area contributed by atoms with Crippen LogP contribution in [-0.2, 0) is 16.0 Å². The lowest BCUT2D eigenvalue weighted by Crippen LogP contribution is -2.30. The maximum Gasteiger partial charge on any atom is 0.325 e. The number of esters is 1. The fourth-order valence-electron chi connectivity index (χ4n) is 1.88. The Morgan fingerprint density at radius 3 is 2.50 bits per heavy atom. The molecule has 0 spiro atoms. The SMILES string of the molecule is COC(=O)CNC(=O)c1ccc(NC(=O)c2csc(CCN)n2)cc1.Cl. The predicted molar refractivity (Wildman–Crippen MR) is 101 cm³/mol. The molecule has 0 aliphatic heterocycles. The van der Waals surface area contributed by atoms with Crippen molar-refractivity contribution < 1.29 is 19.1 Å². The molecule has 1 aromatic heterocycles. The maximum atomic E-state index is 12.1. The fraction of sp³-hybridized carbons (Fsp3) is 0.250. The molecule has 0 fully saturated rings. The van der Waals surface area contributed by atoms with Gasteiger partial charge < -0.3 is 21.1 Å². The number of amides is 2. The predicted octanol–water partition coefficient (Wildman–Crippen LogP) is 1.22. The van der Waals surface area contributed by atoms with Crippen molar-refractivity contribution in [2.75, 3.05) is 25.5 Å². The molecule has 4 N–H and O–H groups in total. The van der Waals surface area contributed by atoms with E-state index in [1.807, 2.05) is 0 Å². The Balaban J connectivity index is 0.00000338. The van der Waals surface area contributed by atoms with Crippen LogP contribution in [0.25, 0.3) is 0 Å². The number of anilines is 1. The Morgan fingerprint density at radius 2 is 1.88 bits per heavy atom. The molecule has 0 atom stereocenters. The van der Waals surface area contributed by atoms with Crippen LogP contribution in [0.1, 0.15) is 25.9 Å². The molecule has 2 aromatic rings. The van der Waals surface area contributed by atoms with Crippen molar-refractivity contribution in [3.8, 4) is 0 Å².